The standard InChI is InChI=1S/C84H76N2/c1-81(2,3)65-39-43-69(44-40-65)85(67-17-13-11-14-18-67)71-47-51-75-73-49-29-59(53-77(73)83(7,8)79(75)55-71)23-21-57-25-31-61(32-26-57)63-35-37-64(38-36-63)62-33-27-58(28-34-62)22-24-60-30-50-74-76-52-48-72(56-80(76)84(9,10)78(74)54-60)86(68-19-15-12-16-20-68)70-45-41-66(42-46-70)82(4,5)6/h11-56H,1-10H3. The molecule has 2 aliphatic carbocycles. The Bertz CT molecular complexity index is 4050. The van der Waals surface area contributed by atoms with Crippen molar-refractivity contribution in [1.82, 2.24) is 0 Å². The van der Waals surface area contributed by atoms with Crippen molar-refractivity contribution >= 4 is 58.4 Å². The van der Waals surface area contributed by atoms with E-state index in [0.29, 0.717) is 0 Å². The molecule has 0 amide bonds. The molecule has 11 aromatic rings. The molecule has 13 rings (SSSR count). The largest absolute Gasteiger partial charge is 0.310 e. The number of para-hydroxylation sites is 2. The molecule has 0 heterocycles. The molecule has 422 valence electrons. The Morgan fingerprint density at radius 1 is 0.256 bits per heavy atom. The van der Waals surface area contributed by atoms with Crippen LogP contribution in [0.1, 0.15) is 125 Å². The van der Waals surface area contributed by atoms with Gasteiger partial charge < -0.3 is 9.80 Å². The third-order valence-corrected chi connectivity index (χ3v) is 18.2. The van der Waals surface area contributed by atoms with E-state index >= 15 is 0 Å². The fraction of sp³-hybridized carbons (Fsp3) is 0.167. The van der Waals surface area contributed by atoms with E-state index < -0.39 is 0 Å². The molecule has 0 unspecified atom stereocenters. The molecule has 0 bridgehead atoms. The highest BCUT2D eigenvalue weighted by atomic mass is 15.1. The topological polar surface area (TPSA) is 6.48 Å². The first-order chi connectivity index (χ1) is 41.4. The molecule has 0 atom stereocenters. The van der Waals surface area contributed by atoms with Crippen molar-refractivity contribution in [1.29, 1.82) is 0 Å². The number of hydrogen-bond donors (Lipinski definition) is 0. The maximum absolute atomic E-state index is 2.42. The van der Waals surface area contributed by atoms with E-state index in [2.05, 4.69) is 358 Å². The van der Waals surface area contributed by atoms with Gasteiger partial charge >= 0.3 is 0 Å². The molecule has 0 aromatic heterocycles. The molecule has 2 heteroatoms. The van der Waals surface area contributed by atoms with Gasteiger partial charge in [0.25, 0.3) is 0 Å². The van der Waals surface area contributed by atoms with E-state index in [-0.39, 0.29) is 21.7 Å². The predicted octanol–water partition coefficient (Wildman–Crippen LogP) is 23.5. The van der Waals surface area contributed by atoms with Crippen LogP contribution >= 0.6 is 0 Å². The smallest absolute Gasteiger partial charge is 0.0465 e. The van der Waals surface area contributed by atoms with Gasteiger partial charge in [0, 0.05) is 45.0 Å². The molecule has 0 N–H and O–H groups in total. The summed E-state index contributed by atoms with van der Waals surface area (Å²) in [5, 5.41) is 0. The highest BCUT2D eigenvalue weighted by molar-refractivity contribution is 5.89. The van der Waals surface area contributed by atoms with Crippen LogP contribution in [-0.4, -0.2) is 0 Å². The van der Waals surface area contributed by atoms with E-state index in [1.54, 1.807) is 0 Å². The van der Waals surface area contributed by atoms with Gasteiger partial charge in [-0.15, -0.1) is 0 Å². The zero-order valence-corrected chi connectivity index (χ0v) is 51.5. The fourth-order valence-corrected chi connectivity index (χ4v) is 13.1. The Balaban J connectivity index is 0.657. The van der Waals surface area contributed by atoms with E-state index in [4.69, 9.17) is 0 Å². The lowest BCUT2D eigenvalue weighted by atomic mass is 9.81. The first-order valence-corrected chi connectivity index (χ1v) is 30.5. The number of rotatable bonds is 12. The van der Waals surface area contributed by atoms with Gasteiger partial charge in [0.05, 0.1) is 0 Å². The lowest BCUT2D eigenvalue weighted by molar-refractivity contribution is 0.590. The molecule has 11 aromatic carbocycles. The molecule has 0 aliphatic heterocycles. The van der Waals surface area contributed by atoms with Crippen molar-refractivity contribution in [3.8, 4) is 44.5 Å². The first-order valence-electron chi connectivity index (χ1n) is 30.5. The molecule has 0 spiro atoms. The average Bonchev–Trinajstić information content (AvgIpc) is 4.12. The Morgan fingerprint density at radius 2 is 0.512 bits per heavy atom. The van der Waals surface area contributed by atoms with Crippen LogP contribution < -0.4 is 9.80 Å². The summed E-state index contributed by atoms with van der Waals surface area (Å²) < 4.78 is 0. The maximum atomic E-state index is 2.42. The van der Waals surface area contributed by atoms with Crippen molar-refractivity contribution in [2.24, 2.45) is 0 Å². The summed E-state index contributed by atoms with van der Waals surface area (Å²) >= 11 is 0. The Labute approximate surface area is 511 Å². The van der Waals surface area contributed by atoms with E-state index in [1.165, 1.54) is 100 Å². The Morgan fingerprint density at radius 3 is 0.837 bits per heavy atom. The molecule has 0 saturated heterocycles. The highest BCUT2D eigenvalue weighted by Gasteiger charge is 2.38. The SMILES string of the molecule is CC(C)(C)c1ccc(N(c2ccccc2)c2ccc3c(c2)C(C)(C)c2cc(C=Cc4ccc(-c5ccc(-c6ccc(C=Cc7ccc8c(c7)C(C)(C)c7cc(N(c9ccccc9)c9ccc(C(C)(C)C)cc9)ccc7-8)cc6)cc5)cc4)ccc2-3)cc1. The predicted molar refractivity (Wildman–Crippen MR) is 370 cm³/mol. The number of anilines is 6. The van der Waals surface area contributed by atoms with Crippen LogP contribution in [0.2, 0.25) is 0 Å². The van der Waals surface area contributed by atoms with E-state index in [1.807, 2.05) is 0 Å². The zero-order valence-electron chi connectivity index (χ0n) is 51.5. The normalized spacial score (nSPS) is 13.8. The van der Waals surface area contributed by atoms with Gasteiger partial charge in [-0.2, -0.15) is 0 Å². The van der Waals surface area contributed by atoms with E-state index in [9.17, 15) is 0 Å². The van der Waals surface area contributed by atoms with Crippen LogP contribution in [0.4, 0.5) is 34.1 Å². The third kappa shape index (κ3) is 10.6. The van der Waals surface area contributed by atoms with Crippen molar-refractivity contribution in [3.63, 3.8) is 0 Å². The van der Waals surface area contributed by atoms with Crippen LogP contribution in [0.5, 0.6) is 0 Å². The fourth-order valence-electron chi connectivity index (χ4n) is 13.1. The minimum atomic E-state index is -0.167. The molecule has 86 heavy (non-hydrogen) atoms. The quantitative estimate of drug-likeness (QED) is 0.113. The molecule has 0 fully saturated rings. The molecular weight excluding hydrogens is 1040 g/mol. The van der Waals surface area contributed by atoms with Crippen LogP contribution in [0.25, 0.3) is 68.8 Å². The number of benzene rings is 11. The van der Waals surface area contributed by atoms with Crippen LogP contribution in [0, 0.1) is 0 Å². The molecule has 2 nitrogen and oxygen atoms in total. The summed E-state index contributed by atoms with van der Waals surface area (Å²) in [5.41, 5.74) is 29.7. The highest BCUT2D eigenvalue weighted by Crippen LogP contribution is 2.53. The van der Waals surface area contributed by atoms with Crippen LogP contribution in [-0.2, 0) is 21.7 Å². The molecular formula is C84H76N2. The Hall–Kier alpha value is -9.50. The van der Waals surface area contributed by atoms with Crippen LogP contribution in [0.3, 0.4) is 0 Å². The monoisotopic (exact) mass is 1110 g/mol. The van der Waals surface area contributed by atoms with Crippen molar-refractivity contribution in [3.05, 3.63) is 310 Å². The average molecular weight is 1110 g/mol. The molecule has 2 aliphatic rings. The molecule has 0 radical (unpaired) electrons. The third-order valence-electron chi connectivity index (χ3n) is 18.2. The zero-order chi connectivity index (χ0) is 59.5. The van der Waals surface area contributed by atoms with Gasteiger partial charge in [-0.05, 0) is 184 Å². The number of hydrogen-bond acceptors (Lipinski definition) is 2. The maximum Gasteiger partial charge on any atom is 0.0465 e. The van der Waals surface area contributed by atoms with Crippen molar-refractivity contribution in [2.45, 2.75) is 90.9 Å². The summed E-state index contributed by atoms with van der Waals surface area (Å²) in [5.74, 6) is 0. The Kier molecular flexibility index (Phi) is 14.1. The summed E-state index contributed by atoms with van der Waals surface area (Å²) in [7, 11) is 0. The van der Waals surface area contributed by atoms with Gasteiger partial charge in [-0.1, -0.05) is 276 Å². The second-order valence-electron chi connectivity index (χ2n) is 26.7. The minimum absolute atomic E-state index is 0.0899. The second-order valence-corrected chi connectivity index (χ2v) is 26.7. The van der Waals surface area contributed by atoms with Gasteiger partial charge in [0.15, 0.2) is 0 Å². The summed E-state index contributed by atoms with van der Waals surface area (Å²) in [6.07, 6.45) is 8.98. The van der Waals surface area contributed by atoms with Gasteiger partial charge in [0.1, 0.15) is 0 Å². The first kappa shape index (κ1) is 55.7. The second kappa shape index (κ2) is 21.8. The van der Waals surface area contributed by atoms with Crippen molar-refractivity contribution in [2.75, 3.05) is 9.80 Å². The number of fused-ring (bicyclic) bond motifs is 6. The lowest BCUT2D eigenvalue weighted by Crippen LogP contribution is -2.17. The summed E-state index contributed by atoms with van der Waals surface area (Å²) in [4.78, 5) is 4.77. The number of nitrogens with zero attached hydrogens (tertiary/aromatic N) is 2. The van der Waals surface area contributed by atoms with Crippen LogP contribution in [0.15, 0.2) is 255 Å². The lowest BCUT2D eigenvalue weighted by Gasteiger charge is -2.29. The minimum Gasteiger partial charge on any atom is -0.310 e. The van der Waals surface area contributed by atoms with Gasteiger partial charge in [0.2, 0.25) is 0 Å². The molecule has 0 saturated carbocycles. The van der Waals surface area contributed by atoms with Gasteiger partial charge in [-0.3, -0.25) is 0 Å². The summed E-state index contributed by atoms with van der Waals surface area (Å²) in [6.45, 7) is 23.1. The van der Waals surface area contributed by atoms with Gasteiger partial charge in [-0.25, -0.2) is 0 Å². The summed E-state index contributed by atoms with van der Waals surface area (Å²) in [6, 6.07) is 94.4. The van der Waals surface area contributed by atoms with E-state index in [0.717, 1.165) is 34.1 Å². The van der Waals surface area contributed by atoms with Crippen molar-refractivity contribution < 1.29 is 0 Å².